The Kier molecular flexibility index (Phi) is 18.0. The number of rotatable bonds is 20. The highest BCUT2D eigenvalue weighted by molar-refractivity contribution is 5.81. The Morgan fingerprint density at radius 1 is 1.00 bits per heavy atom. The van der Waals surface area contributed by atoms with Gasteiger partial charge in [-0.1, -0.05) is 77.5 Å². The monoisotopic (exact) mass is 506 g/mol. The van der Waals surface area contributed by atoms with E-state index in [1.807, 2.05) is 19.1 Å². The lowest BCUT2D eigenvalue weighted by atomic mass is 9.93. The van der Waals surface area contributed by atoms with Gasteiger partial charge in [-0.25, -0.2) is 4.79 Å². The minimum atomic E-state index is -0.657. The zero-order chi connectivity index (χ0) is 26.6. The van der Waals surface area contributed by atoms with Crippen LogP contribution in [-0.4, -0.2) is 41.0 Å². The van der Waals surface area contributed by atoms with E-state index in [0.717, 1.165) is 69.8 Å². The van der Waals surface area contributed by atoms with Crippen LogP contribution in [0.15, 0.2) is 35.6 Å². The van der Waals surface area contributed by atoms with E-state index in [9.17, 15) is 19.8 Å². The van der Waals surface area contributed by atoms with E-state index >= 15 is 0 Å². The Bertz CT molecular complexity index is 708. The minimum Gasteiger partial charge on any atom is -0.463 e. The fourth-order valence-corrected chi connectivity index (χ4v) is 4.28. The fraction of sp³-hybridized carbons (Fsp3) is 0.733. The lowest BCUT2D eigenvalue weighted by Crippen LogP contribution is -2.15. The summed E-state index contributed by atoms with van der Waals surface area (Å²) >= 11 is 0. The molecule has 0 aliphatic heterocycles. The van der Waals surface area contributed by atoms with Gasteiger partial charge in [0.1, 0.15) is 5.76 Å². The van der Waals surface area contributed by atoms with E-state index in [1.165, 1.54) is 12.5 Å². The first kappa shape index (κ1) is 32.1. The van der Waals surface area contributed by atoms with Crippen molar-refractivity contribution in [1.82, 2.24) is 0 Å². The maximum Gasteiger partial charge on any atom is 0.330 e. The molecule has 6 heteroatoms. The molecular weight excluding hydrogens is 456 g/mol. The molecule has 1 aliphatic carbocycles. The van der Waals surface area contributed by atoms with Crippen LogP contribution >= 0.6 is 0 Å². The molecule has 0 fully saturated rings. The summed E-state index contributed by atoms with van der Waals surface area (Å²) in [5, 5.41) is 21.1. The highest BCUT2D eigenvalue weighted by Crippen LogP contribution is 2.37. The number of hydrogen-bond donors (Lipinski definition) is 2. The number of hydrogen-bond acceptors (Lipinski definition) is 6. The standard InChI is InChI=1S/C30H50O6/c1-4-7-10-13-16-24(31)20-21-25-26(28(23-27(25)32)36-30(34)18-8-5-2)17-14-11-12-15-19-29(33)35-22-9-6-3/h15,19-21,24-25,27,31-32H,4-14,16-18,22-23H2,1-3H3/b19-15+,21-20+. The normalized spacial score (nSPS) is 18.9. The summed E-state index contributed by atoms with van der Waals surface area (Å²) in [4.78, 5) is 23.9. The van der Waals surface area contributed by atoms with Gasteiger partial charge in [0.15, 0.2) is 0 Å². The van der Waals surface area contributed by atoms with Crippen LogP contribution in [0.5, 0.6) is 0 Å². The first-order valence-electron chi connectivity index (χ1n) is 14.2. The van der Waals surface area contributed by atoms with E-state index < -0.39 is 12.2 Å². The van der Waals surface area contributed by atoms with Crippen molar-refractivity contribution in [3.05, 3.63) is 35.6 Å². The van der Waals surface area contributed by atoms with E-state index in [-0.39, 0.29) is 17.9 Å². The zero-order valence-electron chi connectivity index (χ0n) is 22.9. The maximum atomic E-state index is 12.3. The Balaban J connectivity index is 2.70. The average Bonchev–Trinajstić information content (AvgIpc) is 3.14. The van der Waals surface area contributed by atoms with Crippen molar-refractivity contribution in [1.29, 1.82) is 0 Å². The molecule has 6 nitrogen and oxygen atoms in total. The number of carbonyl (C=O) groups is 2. The Hall–Kier alpha value is -1.92. The highest BCUT2D eigenvalue weighted by Gasteiger charge is 2.33. The second kappa shape index (κ2) is 20.2. The first-order chi connectivity index (χ1) is 17.4. The predicted octanol–water partition coefficient (Wildman–Crippen LogP) is 6.70. The predicted molar refractivity (Wildman–Crippen MR) is 144 cm³/mol. The fourth-order valence-electron chi connectivity index (χ4n) is 4.28. The van der Waals surface area contributed by atoms with E-state index in [1.54, 1.807) is 6.08 Å². The van der Waals surface area contributed by atoms with Gasteiger partial charge < -0.3 is 19.7 Å². The molecule has 1 aliphatic rings. The van der Waals surface area contributed by atoms with Crippen LogP contribution in [0.1, 0.15) is 117 Å². The molecule has 0 amide bonds. The van der Waals surface area contributed by atoms with Crippen molar-refractivity contribution >= 4 is 11.9 Å². The number of carbonyl (C=O) groups excluding carboxylic acids is 2. The number of unbranched alkanes of at least 4 members (excludes halogenated alkanes) is 7. The molecule has 0 saturated carbocycles. The molecule has 2 N–H and O–H groups in total. The van der Waals surface area contributed by atoms with Gasteiger partial charge in [-0.05, 0) is 50.5 Å². The third-order valence-electron chi connectivity index (χ3n) is 6.50. The molecule has 1 rings (SSSR count). The van der Waals surface area contributed by atoms with Crippen LogP contribution in [0, 0.1) is 5.92 Å². The van der Waals surface area contributed by atoms with Crippen LogP contribution in [-0.2, 0) is 19.1 Å². The van der Waals surface area contributed by atoms with E-state index in [0.29, 0.717) is 38.0 Å². The molecule has 0 saturated heterocycles. The topological polar surface area (TPSA) is 93.1 Å². The van der Waals surface area contributed by atoms with Gasteiger partial charge in [-0.2, -0.15) is 0 Å². The molecule has 3 unspecified atom stereocenters. The summed E-state index contributed by atoms with van der Waals surface area (Å²) in [5.74, 6) is -0.217. The zero-order valence-corrected chi connectivity index (χ0v) is 22.9. The van der Waals surface area contributed by atoms with Crippen LogP contribution in [0.4, 0.5) is 0 Å². The summed E-state index contributed by atoms with van der Waals surface area (Å²) in [6.07, 6.45) is 18.4. The number of allylic oxidation sites excluding steroid dienone is 1. The molecule has 0 heterocycles. The highest BCUT2D eigenvalue weighted by atomic mass is 16.5. The molecule has 0 bridgehead atoms. The van der Waals surface area contributed by atoms with Crippen LogP contribution in [0.3, 0.4) is 0 Å². The van der Waals surface area contributed by atoms with Gasteiger partial charge in [-0.15, -0.1) is 0 Å². The number of esters is 2. The van der Waals surface area contributed by atoms with E-state index in [4.69, 9.17) is 9.47 Å². The molecular formula is C30H50O6. The van der Waals surface area contributed by atoms with Gasteiger partial charge in [-0.3, -0.25) is 4.79 Å². The van der Waals surface area contributed by atoms with Crippen LogP contribution in [0.2, 0.25) is 0 Å². The second-order valence-corrected chi connectivity index (χ2v) is 9.79. The van der Waals surface area contributed by atoms with Crippen LogP contribution < -0.4 is 0 Å². The van der Waals surface area contributed by atoms with E-state index in [2.05, 4.69) is 13.8 Å². The number of aliphatic hydroxyl groups is 2. The molecule has 0 aromatic rings. The van der Waals surface area contributed by atoms with Gasteiger partial charge in [0, 0.05) is 24.8 Å². The lowest BCUT2D eigenvalue weighted by molar-refractivity contribution is -0.140. The average molecular weight is 507 g/mol. The smallest absolute Gasteiger partial charge is 0.330 e. The molecule has 3 atom stereocenters. The summed E-state index contributed by atoms with van der Waals surface area (Å²) in [6, 6.07) is 0. The Morgan fingerprint density at radius 2 is 1.75 bits per heavy atom. The van der Waals surface area contributed by atoms with Crippen molar-refractivity contribution in [2.45, 2.75) is 129 Å². The van der Waals surface area contributed by atoms with Gasteiger partial charge in [0.25, 0.3) is 0 Å². The Morgan fingerprint density at radius 3 is 2.47 bits per heavy atom. The molecule has 0 spiro atoms. The number of ether oxygens (including phenoxy) is 2. The van der Waals surface area contributed by atoms with Crippen molar-refractivity contribution < 1.29 is 29.3 Å². The van der Waals surface area contributed by atoms with Crippen molar-refractivity contribution in [2.75, 3.05) is 6.61 Å². The summed E-state index contributed by atoms with van der Waals surface area (Å²) in [5.41, 5.74) is 0.949. The minimum absolute atomic E-state index is 0.248. The molecule has 36 heavy (non-hydrogen) atoms. The quantitative estimate of drug-likeness (QED) is 0.0826. The lowest BCUT2D eigenvalue weighted by Gasteiger charge is -2.16. The molecule has 0 aromatic heterocycles. The number of aliphatic hydroxyl groups excluding tert-OH is 2. The SMILES string of the molecule is CCCCCCC(O)/C=C/C1C(CCCC/C=C/C(=O)OCCCC)=C(OC(=O)CCCC)CC1O. The van der Waals surface area contributed by atoms with Crippen molar-refractivity contribution in [3.63, 3.8) is 0 Å². The van der Waals surface area contributed by atoms with Crippen LogP contribution in [0.25, 0.3) is 0 Å². The Labute approximate surface area is 218 Å². The third-order valence-corrected chi connectivity index (χ3v) is 6.50. The van der Waals surface area contributed by atoms with Gasteiger partial charge in [0.2, 0.25) is 0 Å². The first-order valence-corrected chi connectivity index (χ1v) is 14.2. The van der Waals surface area contributed by atoms with Crippen molar-refractivity contribution in [2.24, 2.45) is 5.92 Å². The molecule has 206 valence electrons. The molecule has 0 aromatic carbocycles. The second-order valence-electron chi connectivity index (χ2n) is 9.79. The maximum absolute atomic E-state index is 12.3. The summed E-state index contributed by atoms with van der Waals surface area (Å²) in [6.45, 7) is 6.71. The van der Waals surface area contributed by atoms with Crippen molar-refractivity contribution in [3.8, 4) is 0 Å². The summed E-state index contributed by atoms with van der Waals surface area (Å²) in [7, 11) is 0. The largest absolute Gasteiger partial charge is 0.463 e. The van der Waals surface area contributed by atoms with Gasteiger partial charge in [0.05, 0.1) is 18.8 Å². The summed E-state index contributed by atoms with van der Waals surface area (Å²) < 4.78 is 10.8. The third kappa shape index (κ3) is 14.0. The molecule has 0 radical (unpaired) electrons. The van der Waals surface area contributed by atoms with Gasteiger partial charge >= 0.3 is 11.9 Å².